The summed E-state index contributed by atoms with van der Waals surface area (Å²) in [6.45, 7) is 5.16. The van der Waals surface area contributed by atoms with Gasteiger partial charge in [0.05, 0.1) is 12.3 Å². The molecule has 0 aliphatic rings. The Morgan fingerprint density at radius 3 is 2.34 bits per heavy atom. The van der Waals surface area contributed by atoms with Crippen LogP contribution in [0.15, 0.2) is 77.7 Å². The van der Waals surface area contributed by atoms with Crippen LogP contribution >= 0.6 is 23.5 Å². The van der Waals surface area contributed by atoms with Gasteiger partial charge in [0.2, 0.25) is 11.8 Å². The van der Waals surface area contributed by atoms with E-state index in [4.69, 9.17) is 0 Å². The van der Waals surface area contributed by atoms with Gasteiger partial charge in [0, 0.05) is 24.0 Å². The number of hydrogen-bond acceptors (Lipinski definition) is 6. The predicted octanol–water partition coefficient (Wildman–Crippen LogP) is 5.29. The van der Waals surface area contributed by atoms with E-state index in [1.807, 2.05) is 59.7 Å². The number of carboxylic acids is 1. The van der Waals surface area contributed by atoms with E-state index in [9.17, 15) is 19.5 Å². The number of carbonyl (C=O) groups is 3. The lowest BCUT2D eigenvalue weighted by Crippen LogP contribution is -2.51. The molecule has 2 amide bonds. The second-order valence-electron chi connectivity index (χ2n) is 10.2. The molecule has 1 unspecified atom stereocenters. The van der Waals surface area contributed by atoms with Crippen LogP contribution < -0.4 is 10.6 Å². The van der Waals surface area contributed by atoms with E-state index in [1.54, 1.807) is 11.8 Å². The molecule has 0 saturated heterocycles. The zero-order valence-electron chi connectivity index (χ0n) is 24.0. The van der Waals surface area contributed by atoms with Gasteiger partial charge in [-0.25, -0.2) is 4.79 Å². The minimum atomic E-state index is -1.03. The zero-order chi connectivity index (χ0) is 29.6. The van der Waals surface area contributed by atoms with E-state index in [1.165, 1.54) is 11.8 Å². The number of benzene rings is 3. The molecule has 9 heteroatoms. The van der Waals surface area contributed by atoms with Crippen LogP contribution in [0.2, 0.25) is 0 Å². The molecule has 0 heterocycles. The van der Waals surface area contributed by atoms with Crippen LogP contribution in [0.5, 0.6) is 0 Å². The normalized spacial score (nSPS) is 13.5. The van der Waals surface area contributed by atoms with Gasteiger partial charge >= 0.3 is 5.97 Å². The summed E-state index contributed by atoms with van der Waals surface area (Å²) in [4.78, 5) is 41.0. The van der Waals surface area contributed by atoms with Crippen molar-refractivity contribution in [3.8, 4) is 0 Å². The molecule has 0 saturated carbocycles. The largest absolute Gasteiger partial charge is 0.480 e. The van der Waals surface area contributed by atoms with Crippen molar-refractivity contribution in [2.24, 2.45) is 5.92 Å². The van der Waals surface area contributed by atoms with E-state index in [2.05, 4.69) is 48.7 Å². The minimum Gasteiger partial charge on any atom is -0.480 e. The molecule has 7 nitrogen and oxygen atoms in total. The van der Waals surface area contributed by atoms with Crippen molar-refractivity contribution in [2.75, 3.05) is 30.9 Å². The highest BCUT2D eigenvalue weighted by atomic mass is 32.2. The van der Waals surface area contributed by atoms with Crippen molar-refractivity contribution in [3.63, 3.8) is 0 Å². The number of carbonyl (C=O) groups excluding carboxylic acids is 2. The fourth-order valence-electron chi connectivity index (χ4n) is 4.64. The number of carboxylic acid groups (broad SMARTS) is 1. The van der Waals surface area contributed by atoms with E-state index in [-0.39, 0.29) is 30.3 Å². The molecule has 3 atom stereocenters. The smallest absolute Gasteiger partial charge is 0.326 e. The first-order valence-electron chi connectivity index (χ1n) is 14.0. The maximum absolute atomic E-state index is 13.2. The highest BCUT2D eigenvalue weighted by Gasteiger charge is 2.25. The Bertz CT molecular complexity index is 1270. The Morgan fingerprint density at radius 1 is 0.927 bits per heavy atom. The average Bonchev–Trinajstić information content (AvgIpc) is 2.98. The quantitative estimate of drug-likeness (QED) is 0.183. The Balaban J connectivity index is 1.79. The highest BCUT2D eigenvalue weighted by molar-refractivity contribution is 8.00. The van der Waals surface area contributed by atoms with Crippen LogP contribution in [0.25, 0.3) is 10.8 Å². The maximum atomic E-state index is 13.2. The van der Waals surface area contributed by atoms with E-state index in [0.717, 1.165) is 27.7 Å². The van der Waals surface area contributed by atoms with Crippen molar-refractivity contribution in [2.45, 2.75) is 50.2 Å². The second kappa shape index (κ2) is 17.1. The third-order valence-corrected chi connectivity index (χ3v) is 8.79. The SMILES string of the molecule is CCC(C)[C@@H](CN(CC(=O)N[C@@H](CCSC)C(=O)O)Cc1cccc2ccccc12)NC(=O)CSc1ccccc1. The number of aliphatic carboxylic acids is 1. The summed E-state index contributed by atoms with van der Waals surface area (Å²) < 4.78 is 0. The molecule has 3 rings (SSSR count). The number of thioether (sulfide) groups is 2. The lowest BCUT2D eigenvalue weighted by Gasteiger charge is -2.31. The van der Waals surface area contributed by atoms with Crippen LogP contribution in [0.4, 0.5) is 0 Å². The number of nitrogens with zero attached hydrogens (tertiary/aromatic N) is 1. The number of amides is 2. The standard InChI is InChI=1S/C32H41N3O4S2/c1-4-23(2)29(34-31(37)22-41-26-14-6-5-7-15-26)20-35(21-30(36)33-28(32(38)39)17-18-40-3)19-25-13-10-12-24-11-8-9-16-27(24)25/h5-16,23,28-29H,4,17-22H2,1-3H3,(H,33,36)(H,34,37)(H,38,39)/t23?,28-,29+/m0/s1. The molecule has 3 aromatic carbocycles. The Kier molecular flexibility index (Phi) is 13.5. The van der Waals surface area contributed by atoms with Crippen molar-refractivity contribution >= 4 is 52.1 Å². The topological polar surface area (TPSA) is 98.7 Å². The molecule has 41 heavy (non-hydrogen) atoms. The molecule has 0 radical (unpaired) electrons. The number of hydrogen-bond donors (Lipinski definition) is 3. The highest BCUT2D eigenvalue weighted by Crippen LogP contribution is 2.21. The van der Waals surface area contributed by atoms with Crippen molar-refractivity contribution < 1.29 is 19.5 Å². The van der Waals surface area contributed by atoms with E-state index < -0.39 is 12.0 Å². The molecule has 3 aromatic rings. The summed E-state index contributed by atoms with van der Waals surface area (Å²) >= 11 is 3.04. The minimum absolute atomic E-state index is 0.0217. The van der Waals surface area contributed by atoms with Crippen LogP contribution in [-0.2, 0) is 20.9 Å². The van der Waals surface area contributed by atoms with Crippen LogP contribution in [0.3, 0.4) is 0 Å². The first-order valence-corrected chi connectivity index (χ1v) is 16.4. The van der Waals surface area contributed by atoms with E-state index >= 15 is 0 Å². The van der Waals surface area contributed by atoms with Gasteiger partial charge in [0.25, 0.3) is 0 Å². The monoisotopic (exact) mass is 595 g/mol. The summed E-state index contributed by atoms with van der Waals surface area (Å²) in [6, 6.07) is 23.0. The predicted molar refractivity (Wildman–Crippen MR) is 170 cm³/mol. The third kappa shape index (κ3) is 10.7. The van der Waals surface area contributed by atoms with Gasteiger partial charge in [-0.1, -0.05) is 80.9 Å². The first kappa shape index (κ1) is 32.5. The maximum Gasteiger partial charge on any atom is 0.326 e. The van der Waals surface area contributed by atoms with Crippen molar-refractivity contribution in [1.29, 1.82) is 0 Å². The summed E-state index contributed by atoms with van der Waals surface area (Å²) in [7, 11) is 0. The average molecular weight is 596 g/mol. The lowest BCUT2D eigenvalue weighted by molar-refractivity contribution is -0.142. The van der Waals surface area contributed by atoms with Gasteiger partial charge in [-0.3, -0.25) is 14.5 Å². The van der Waals surface area contributed by atoms with Crippen LogP contribution in [0, 0.1) is 5.92 Å². The molecule has 0 aliphatic heterocycles. The molecule has 0 aromatic heterocycles. The van der Waals surface area contributed by atoms with Crippen LogP contribution in [0.1, 0.15) is 32.3 Å². The molecule has 0 fully saturated rings. The van der Waals surface area contributed by atoms with Gasteiger partial charge in [0.15, 0.2) is 0 Å². The Labute approximate surface area is 251 Å². The summed E-state index contributed by atoms with van der Waals surface area (Å²) in [5, 5.41) is 17.8. The Morgan fingerprint density at radius 2 is 1.63 bits per heavy atom. The van der Waals surface area contributed by atoms with Gasteiger partial charge < -0.3 is 15.7 Å². The molecule has 220 valence electrons. The molecule has 0 aliphatic carbocycles. The van der Waals surface area contributed by atoms with Gasteiger partial charge in [-0.15, -0.1) is 11.8 Å². The first-order chi connectivity index (χ1) is 19.8. The molecular weight excluding hydrogens is 555 g/mol. The third-order valence-electron chi connectivity index (χ3n) is 7.13. The molecule has 0 bridgehead atoms. The zero-order valence-corrected chi connectivity index (χ0v) is 25.7. The fraction of sp³-hybridized carbons (Fsp3) is 0.406. The van der Waals surface area contributed by atoms with E-state index in [0.29, 0.717) is 31.0 Å². The van der Waals surface area contributed by atoms with Crippen molar-refractivity contribution in [1.82, 2.24) is 15.5 Å². The number of fused-ring (bicyclic) bond motifs is 1. The van der Waals surface area contributed by atoms with Crippen LogP contribution in [-0.4, -0.2) is 70.7 Å². The molecule has 3 N–H and O–H groups in total. The number of rotatable bonds is 17. The van der Waals surface area contributed by atoms with Gasteiger partial charge in [0.1, 0.15) is 6.04 Å². The number of nitrogens with one attached hydrogen (secondary N) is 2. The van der Waals surface area contributed by atoms with Gasteiger partial charge in [-0.05, 0) is 52.8 Å². The van der Waals surface area contributed by atoms with Gasteiger partial charge in [-0.2, -0.15) is 11.8 Å². The molecular formula is C32H41N3O4S2. The summed E-state index contributed by atoms with van der Waals surface area (Å²) in [6.07, 6.45) is 3.13. The lowest BCUT2D eigenvalue weighted by atomic mass is 9.97. The molecule has 0 spiro atoms. The Hall–Kier alpha value is -3.01. The second-order valence-corrected chi connectivity index (χ2v) is 12.2. The summed E-state index contributed by atoms with van der Waals surface area (Å²) in [5.74, 6) is -0.314. The van der Waals surface area contributed by atoms with Crippen molar-refractivity contribution in [3.05, 3.63) is 78.4 Å². The summed E-state index contributed by atoms with van der Waals surface area (Å²) in [5.41, 5.74) is 1.07. The fourth-order valence-corrected chi connectivity index (χ4v) is 5.84.